The number of aliphatic hydroxyl groups excluding tert-OH is 2. The van der Waals surface area contributed by atoms with E-state index >= 15 is 0 Å². The Kier molecular flexibility index (Phi) is 36.4. The Bertz CT molecular complexity index is 741. The first-order valence-electron chi connectivity index (χ1n) is 19.9. The lowest BCUT2D eigenvalue weighted by molar-refractivity contribution is -0.123. The fraction of sp³-hybridized carbons (Fsp3) is 0.786. The van der Waals surface area contributed by atoms with Crippen molar-refractivity contribution in [2.24, 2.45) is 0 Å². The first-order valence-corrected chi connectivity index (χ1v) is 19.9. The maximum Gasteiger partial charge on any atom is 0.220 e. The maximum atomic E-state index is 12.3. The minimum atomic E-state index is -0.862. The molecule has 0 heterocycles. The van der Waals surface area contributed by atoms with Crippen molar-refractivity contribution in [3.63, 3.8) is 0 Å². The highest BCUT2D eigenvalue weighted by atomic mass is 16.3. The second kappa shape index (κ2) is 37.8. The number of unbranched alkanes of at least 4 members (excludes halogenated alkanes) is 22. The smallest absolute Gasteiger partial charge is 0.220 e. The van der Waals surface area contributed by atoms with Gasteiger partial charge in [-0.25, -0.2) is 0 Å². The second-order valence-corrected chi connectivity index (χ2v) is 13.3. The zero-order valence-electron chi connectivity index (χ0n) is 30.6. The van der Waals surface area contributed by atoms with E-state index in [1.807, 2.05) is 6.08 Å². The molecule has 0 aromatic heterocycles. The lowest BCUT2D eigenvalue weighted by Gasteiger charge is -2.19. The van der Waals surface area contributed by atoms with Crippen LogP contribution in [0.3, 0.4) is 0 Å². The molecule has 0 fully saturated rings. The summed E-state index contributed by atoms with van der Waals surface area (Å²) in [7, 11) is 0. The summed E-state index contributed by atoms with van der Waals surface area (Å²) in [6.07, 6.45) is 50.6. The van der Waals surface area contributed by atoms with Crippen molar-refractivity contribution < 1.29 is 15.0 Å². The number of allylic oxidation sites excluding steroid dienone is 7. The molecule has 0 spiro atoms. The summed E-state index contributed by atoms with van der Waals surface area (Å²) in [6, 6.07) is -0.640. The molecule has 0 bridgehead atoms. The van der Waals surface area contributed by atoms with E-state index in [-0.39, 0.29) is 12.5 Å². The molecule has 0 rings (SSSR count). The summed E-state index contributed by atoms with van der Waals surface area (Å²) in [5, 5.41) is 22.9. The highest BCUT2D eigenvalue weighted by Crippen LogP contribution is 2.13. The Balaban J connectivity index is 3.64. The van der Waals surface area contributed by atoms with Crippen molar-refractivity contribution >= 4 is 5.91 Å². The molecule has 0 aliphatic heterocycles. The first-order chi connectivity index (χ1) is 22.7. The van der Waals surface area contributed by atoms with Crippen LogP contribution in [-0.2, 0) is 4.79 Å². The summed E-state index contributed by atoms with van der Waals surface area (Å²) in [6.45, 7) is 4.26. The maximum absolute atomic E-state index is 12.3. The zero-order chi connectivity index (χ0) is 33.6. The molecular weight excluding hydrogens is 566 g/mol. The van der Waals surface area contributed by atoms with Gasteiger partial charge in [-0.15, -0.1) is 0 Å². The fourth-order valence-corrected chi connectivity index (χ4v) is 5.69. The molecule has 0 saturated carbocycles. The highest BCUT2D eigenvalue weighted by Gasteiger charge is 2.17. The predicted molar refractivity (Wildman–Crippen MR) is 202 cm³/mol. The molecule has 0 aliphatic carbocycles. The van der Waals surface area contributed by atoms with Gasteiger partial charge < -0.3 is 15.5 Å². The van der Waals surface area contributed by atoms with E-state index in [4.69, 9.17) is 0 Å². The molecule has 3 N–H and O–H groups in total. The predicted octanol–water partition coefficient (Wildman–Crippen LogP) is 12.0. The molecule has 1 amide bonds. The normalized spacial score (nSPS) is 13.6. The average Bonchev–Trinajstić information content (AvgIpc) is 3.06. The molecule has 268 valence electrons. The van der Waals surface area contributed by atoms with E-state index in [1.165, 1.54) is 135 Å². The summed E-state index contributed by atoms with van der Waals surface area (Å²) in [5.74, 6) is -0.0809. The standard InChI is InChI=1S/C42H77NO3/c1-3-5-7-9-11-13-15-17-18-19-20-21-22-23-24-26-28-30-32-34-36-38-42(46)43-40(39-44)41(45)37-35-33-31-29-27-25-16-14-12-10-8-6-4-2/h15,17,19-20,27,29,35,37,40-41,44-45H,3-14,16,18,21-26,28,30-34,36,38-39H2,1-2H3,(H,43,46)/b17-15-,20-19-,29-27+,37-35+. The number of carbonyl (C=O) groups is 1. The number of rotatable bonds is 35. The third kappa shape index (κ3) is 33.7. The summed E-state index contributed by atoms with van der Waals surface area (Å²) >= 11 is 0. The Morgan fingerprint density at radius 2 is 0.913 bits per heavy atom. The van der Waals surface area contributed by atoms with Crippen LogP contribution in [0.5, 0.6) is 0 Å². The average molecular weight is 644 g/mol. The summed E-state index contributed by atoms with van der Waals surface area (Å²) in [4.78, 5) is 12.3. The van der Waals surface area contributed by atoms with Gasteiger partial charge in [-0.2, -0.15) is 0 Å². The third-order valence-electron chi connectivity index (χ3n) is 8.78. The Hall–Kier alpha value is -1.65. The van der Waals surface area contributed by atoms with Crippen LogP contribution in [0, 0.1) is 0 Å². The number of hydrogen-bond acceptors (Lipinski definition) is 3. The number of aliphatic hydroxyl groups is 2. The molecular formula is C42H77NO3. The topological polar surface area (TPSA) is 69.6 Å². The molecule has 0 aliphatic rings. The number of carbonyl (C=O) groups excluding carboxylic acids is 1. The van der Waals surface area contributed by atoms with Crippen molar-refractivity contribution in [2.45, 2.75) is 206 Å². The van der Waals surface area contributed by atoms with Crippen LogP contribution < -0.4 is 5.32 Å². The van der Waals surface area contributed by atoms with Crippen LogP contribution >= 0.6 is 0 Å². The van der Waals surface area contributed by atoms with Gasteiger partial charge >= 0.3 is 0 Å². The van der Waals surface area contributed by atoms with E-state index in [1.54, 1.807) is 6.08 Å². The second-order valence-electron chi connectivity index (χ2n) is 13.3. The number of nitrogens with one attached hydrogen (secondary N) is 1. The van der Waals surface area contributed by atoms with Crippen molar-refractivity contribution in [1.29, 1.82) is 0 Å². The van der Waals surface area contributed by atoms with Gasteiger partial charge in [-0.1, -0.05) is 172 Å². The highest BCUT2D eigenvalue weighted by molar-refractivity contribution is 5.76. The van der Waals surface area contributed by atoms with Crippen LogP contribution in [0.25, 0.3) is 0 Å². The summed E-state index contributed by atoms with van der Waals surface area (Å²) in [5.41, 5.74) is 0. The molecule has 4 nitrogen and oxygen atoms in total. The minimum absolute atomic E-state index is 0.0809. The van der Waals surface area contributed by atoms with Crippen LogP contribution in [-0.4, -0.2) is 34.9 Å². The fourth-order valence-electron chi connectivity index (χ4n) is 5.69. The Labute approximate surface area is 286 Å². The van der Waals surface area contributed by atoms with Crippen LogP contribution in [0.4, 0.5) is 0 Å². The van der Waals surface area contributed by atoms with Gasteiger partial charge in [-0.05, 0) is 64.2 Å². The van der Waals surface area contributed by atoms with Gasteiger partial charge in [0.2, 0.25) is 5.91 Å². The van der Waals surface area contributed by atoms with Crippen molar-refractivity contribution in [2.75, 3.05) is 6.61 Å². The Morgan fingerprint density at radius 3 is 1.39 bits per heavy atom. The molecule has 4 heteroatoms. The Morgan fingerprint density at radius 1 is 0.522 bits per heavy atom. The molecule has 46 heavy (non-hydrogen) atoms. The molecule has 0 saturated heterocycles. The monoisotopic (exact) mass is 644 g/mol. The molecule has 2 unspecified atom stereocenters. The number of hydrogen-bond donors (Lipinski definition) is 3. The lowest BCUT2D eigenvalue weighted by atomic mass is 10.1. The van der Waals surface area contributed by atoms with E-state index in [0.717, 1.165) is 38.5 Å². The number of amides is 1. The molecule has 2 atom stereocenters. The van der Waals surface area contributed by atoms with Gasteiger partial charge in [0.25, 0.3) is 0 Å². The zero-order valence-corrected chi connectivity index (χ0v) is 30.6. The van der Waals surface area contributed by atoms with Crippen LogP contribution in [0.2, 0.25) is 0 Å². The van der Waals surface area contributed by atoms with Crippen LogP contribution in [0.1, 0.15) is 194 Å². The lowest BCUT2D eigenvalue weighted by Crippen LogP contribution is -2.45. The van der Waals surface area contributed by atoms with Crippen LogP contribution in [0.15, 0.2) is 48.6 Å². The van der Waals surface area contributed by atoms with Crippen molar-refractivity contribution in [3.05, 3.63) is 48.6 Å². The quantitative estimate of drug-likeness (QED) is 0.0475. The van der Waals surface area contributed by atoms with Gasteiger partial charge in [0.05, 0.1) is 18.8 Å². The molecule has 0 radical (unpaired) electrons. The van der Waals surface area contributed by atoms with Gasteiger partial charge in [0.1, 0.15) is 0 Å². The largest absolute Gasteiger partial charge is 0.394 e. The SMILES string of the molecule is CCCCCCC/C=C\C/C=C\CCCCCCCCCCCC(=O)NC(CO)C(O)/C=C/CC/C=C/CCCCCCCCC. The first kappa shape index (κ1) is 44.4. The summed E-state index contributed by atoms with van der Waals surface area (Å²) < 4.78 is 0. The minimum Gasteiger partial charge on any atom is -0.394 e. The van der Waals surface area contributed by atoms with E-state index in [0.29, 0.717) is 6.42 Å². The molecule has 0 aromatic rings. The molecule has 0 aromatic carbocycles. The van der Waals surface area contributed by atoms with E-state index < -0.39 is 12.1 Å². The van der Waals surface area contributed by atoms with Gasteiger partial charge in [-0.3, -0.25) is 4.79 Å². The van der Waals surface area contributed by atoms with E-state index in [2.05, 4.69) is 55.6 Å². The van der Waals surface area contributed by atoms with Gasteiger partial charge in [0.15, 0.2) is 0 Å². The van der Waals surface area contributed by atoms with Crippen molar-refractivity contribution in [3.8, 4) is 0 Å². The third-order valence-corrected chi connectivity index (χ3v) is 8.78. The van der Waals surface area contributed by atoms with E-state index in [9.17, 15) is 15.0 Å². The van der Waals surface area contributed by atoms with Crippen molar-refractivity contribution in [1.82, 2.24) is 5.32 Å². The van der Waals surface area contributed by atoms with Gasteiger partial charge in [0, 0.05) is 6.42 Å².